The Hall–Kier alpha value is -2.45. The van der Waals surface area contributed by atoms with Crippen molar-refractivity contribution in [2.24, 2.45) is 5.10 Å². The van der Waals surface area contributed by atoms with Crippen molar-refractivity contribution >= 4 is 51.8 Å². The van der Waals surface area contributed by atoms with E-state index < -0.39 is 11.8 Å². The quantitative estimate of drug-likeness (QED) is 0.424. The van der Waals surface area contributed by atoms with Gasteiger partial charge in [-0.2, -0.15) is 5.10 Å². The van der Waals surface area contributed by atoms with Gasteiger partial charge in [-0.3, -0.25) is 9.59 Å². The molecule has 0 atom stereocenters. The molecule has 0 bridgehead atoms. The van der Waals surface area contributed by atoms with Gasteiger partial charge in [-0.25, -0.2) is 10.4 Å². The van der Waals surface area contributed by atoms with Crippen LogP contribution in [0.15, 0.2) is 29.4 Å². The molecule has 0 unspecified atom stereocenters. The Morgan fingerprint density at radius 1 is 1.32 bits per heavy atom. The Morgan fingerprint density at radius 3 is 2.80 bits per heavy atom. The molecule has 0 saturated heterocycles. The van der Waals surface area contributed by atoms with Crippen LogP contribution < -0.4 is 16.1 Å². The van der Waals surface area contributed by atoms with Gasteiger partial charge in [0.2, 0.25) is 0 Å². The number of hydrogen-bond acceptors (Lipinski definition) is 6. The third-order valence-corrected chi connectivity index (χ3v) is 4.77. The van der Waals surface area contributed by atoms with E-state index >= 15 is 0 Å². The molecule has 1 aliphatic rings. The maximum atomic E-state index is 11.6. The van der Waals surface area contributed by atoms with Crippen molar-refractivity contribution in [1.29, 1.82) is 0 Å². The zero-order chi connectivity index (χ0) is 17.8. The van der Waals surface area contributed by atoms with E-state index in [1.54, 1.807) is 0 Å². The molecule has 1 heterocycles. The summed E-state index contributed by atoms with van der Waals surface area (Å²) >= 11 is 7.37. The number of nitrogens with one attached hydrogen (secondary N) is 3. The highest BCUT2D eigenvalue weighted by Gasteiger charge is 2.26. The standard InChI is InChI=1S/C16H16ClN5O2S/c1-9-4-2-3-5-11(9)20-16-21-13(17)12(25-16)8-18-22-15(24)14(23)19-10-6-7-10/h2-5,8,10H,6-7H2,1H3,(H,19,23)(H,20,21)(H,22,24)/b18-8+. The fourth-order valence-corrected chi connectivity index (χ4v) is 2.99. The Labute approximate surface area is 153 Å². The predicted octanol–water partition coefficient (Wildman–Crippen LogP) is 2.58. The number of hydrogen-bond donors (Lipinski definition) is 3. The second-order valence-electron chi connectivity index (χ2n) is 5.56. The lowest BCUT2D eigenvalue weighted by atomic mass is 10.2. The van der Waals surface area contributed by atoms with E-state index in [4.69, 9.17) is 11.6 Å². The van der Waals surface area contributed by atoms with E-state index in [-0.39, 0.29) is 11.2 Å². The van der Waals surface area contributed by atoms with Crippen molar-refractivity contribution in [1.82, 2.24) is 15.7 Å². The van der Waals surface area contributed by atoms with E-state index in [0.29, 0.717) is 10.0 Å². The third-order valence-electron chi connectivity index (χ3n) is 3.46. The number of thiazole rings is 1. The fraction of sp³-hybridized carbons (Fsp3) is 0.250. The average Bonchev–Trinajstić information content (AvgIpc) is 3.32. The smallest absolute Gasteiger partial charge is 0.329 e. The van der Waals surface area contributed by atoms with Crippen LogP contribution in [0.3, 0.4) is 0 Å². The van der Waals surface area contributed by atoms with E-state index in [1.807, 2.05) is 31.2 Å². The Balaban J connectivity index is 1.59. The molecule has 1 aliphatic carbocycles. The summed E-state index contributed by atoms with van der Waals surface area (Å²) in [5, 5.41) is 10.4. The molecule has 130 valence electrons. The summed E-state index contributed by atoms with van der Waals surface area (Å²) in [7, 11) is 0. The second-order valence-corrected chi connectivity index (χ2v) is 6.95. The fourth-order valence-electron chi connectivity index (χ4n) is 1.95. The van der Waals surface area contributed by atoms with Crippen LogP contribution in [0.4, 0.5) is 10.8 Å². The number of carbonyl (C=O) groups is 2. The first-order chi connectivity index (χ1) is 12.0. The van der Waals surface area contributed by atoms with Gasteiger partial charge in [-0.05, 0) is 31.4 Å². The van der Waals surface area contributed by atoms with Gasteiger partial charge >= 0.3 is 11.8 Å². The molecule has 0 spiro atoms. The van der Waals surface area contributed by atoms with Crippen LogP contribution in [-0.4, -0.2) is 29.1 Å². The topological polar surface area (TPSA) is 95.5 Å². The Bertz CT molecular complexity index is 832. The van der Waals surface area contributed by atoms with Crippen LogP contribution in [0, 0.1) is 6.92 Å². The van der Waals surface area contributed by atoms with Gasteiger partial charge in [0.15, 0.2) is 10.3 Å². The minimum Gasteiger partial charge on any atom is -0.345 e. The summed E-state index contributed by atoms with van der Waals surface area (Å²) in [5.74, 6) is -1.49. The number of para-hydroxylation sites is 1. The summed E-state index contributed by atoms with van der Waals surface area (Å²) < 4.78 is 0. The first-order valence-electron chi connectivity index (χ1n) is 7.66. The number of amides is 2. The van der Waals surface area contributed by atoms with Crippen LogP contribution in [0.1, 0.15) is 23.3 Å². The van der Waals surface area contributed by atoms with Crippen molar-refractivity contribution in [3.63, 3.8) is 0 Å². The molecule has 3 rings (SSSR count). The van der Waals surface area contributed by atoms with Gasteiger partial charge < -0.3 is 10.6 Å². The van der Waals surface area contributed by atoms with Crippen molar-refractivity contribution < 1.29 is 9.59 Å². The molecule has 1 aromatic heterocycles. The summed E-state index contributed by atoms with van der Waals surface area (Å²) in [6, 6.07) is 7.93. The van der Waals surface area contributed by atoms with Crippen LogP contribution in [-0.2, 0) is 9.59 Å². The highest BCUT2D eigenvalue weighted by Crippen LogP contribution is 2.28. The van der Waals surface area contributed by atoms with Crippen LogP contribution in [0.25, 0.3) is 0 Å². The zero-order valence-electron chi connectivity index (χ0n) is 13.4. The molecule has 7 nitrogen and oxygen atoms in total. The molecular weight excluding hydrogens is 362 g/mol. The summed E-state index contributed by atoms with van der Waals surface area (Å²) in [5.41, 5.74) is 4.19. The normalized spacial score (nSPS) is 13.7. The lowest BCUT2D eigenvalue weighted by molar-refractivity contribution is -0.139. The van der Waals surface area contributed by atoms with E-state index in [2.05, 4.69) is 26.1 Å². The molecule has 2 aromatic rings. The monoisotopic (exact) mass is 377 g/mol. The first kappa shape index (κ1) is 17.4. The molecule has 0 radical (unpaired) electrons. The van der Waals surface area contributed by atoms with Gasteiger partial charge in [-0.15, -0.1) is 0 Å². The van der Waals surface area contributed by atoms with Crippen LogP contribution in [0.2, 0.25) is 5.15 Å². The highest BCUT2D eigenvalue weighted by atomic mass is 35.5. The number of benzene rings is 1. The van der Waals surface area contributed by atoms with Gasteiger partial charge in [0.1, 0.15) is 0 Å². The van der Waals surface area contributed by atoms with Crippen molar-refractivity contribution in [3.8, 4) is 0 Å². The number of anilines is 2. The lowest BCUT2D eigenvalue weighted by Crippen LogP contribution is -2.38. The van der Waals surface area contributed by atoms with E-state index in [9.17, 15) is 9.59 Å². The SMILES string of the molecule is Cc1ccccc1Nc1nc(Cl)c(/C=N/NC(=O)C(=O)NC2CC2)s1. The molecule has 25 heavy (non-hydrogen) atoms. The van der Waals surface area contributed by atoms with Crippen molar-refractivity contribution in [2.45, 2.75) is 25.8 Å². The largest absolute Gasteiger partial charge is 0.345 e. The molecule has 1 fully saturated rings. The zero-order valence-corrected chi connectivity index (χ0v) is 14.9. The summed E-state index contributed by atoms with van der Waals surface area (Å²) in [4.78, 5) is 27.9. The van der Waals surface area contributed by atoms with Crippen LogP contribution in [0.5, 0.6) is 0 Å². The third kappa shape index (κ3) is 4.77. The molecule has 1 aromatic carbocycles. The summed E-state index contributed by atoms with van der Waals surface area (Å²) in [6.07, 6.45) is 3.19. The second kappa shape index (κ2) is 7.62. The van der Waals surface area contributed by atoms with E-state index in [1.165, 1.54) is 17.6 Å². The minimum absolute atomic E-state index is 0.119. The molecule has 1 saturated carbocycles. The molecule has 0 aliphatic heterocycles. The molecule has 9 heteroatoms. The van der Waals surface area contributed by atoms with Gasteiger partial charge in [-0.1, -0.05) is 41.1 Å². The number of hydrazone groups is 1. The first-order valence-corrected chi connectivity index (χ1v) is 8.85. The number of rotatable bonds is 5. The number of carbonyl (C=O) groups excluding carboxylic acids is 2. The summed E-state index contributed by atoms with van der Waals surface area (Å²) in [6.45, 7) is 1.99. The van der Waals surface area contributed by atoms with Crippen molar-refractivity contribution in [3.05, 3.63) is 39.9 Å². The Morgan fingerprint density at radius 2 is 2.08 bits per heavy atom. The predicted molar refractivity (Wildman–Crippen MR) is 98.5 cm³/mol. The Kier molecular flexibility index (Phi) is 5.30. The number of nitrogens with zero attached hydrogens (tertiary/aromatic N) is 2. The molecule has 2 amide bonds. The van der Waals surface area contributed by atoms with Gasteiger partial charge in [0.25, 0.3) is 0 Å². The molecular formula is C16H16ClN5O2S. The average molecular weight is 378 g/mol. The van der Waals surface area contributed by atoms with Gasteiger partial charge in [0.05, 0.1) is 11.1 Å². The maximum Gasteiger partial charge on any atom is 0.329 e. The number of aromatic nitrogens is 1. The minimum atomic E-state index is -0.804. The van der Waals surface area contributed by atoms with Gasteiger partial charge in [0, 0.05) is 11.7 Å². The molecule has 3 N–H and O–H groups in total. The number of halogens is 1. The van der Waals surface area contributed by atoms with E-state index in [0.717, 1.165) is 24.1 Å². The van der Waals surface area contributed by atoms with Crippen molar-refractivity contribution in [2.75, 3.05) is 5.32 Å². The highest BCUT2D eigenvalue weighted by molar-refractivity contribution is 7.17. The maximum absolute atomic E-state index is 11.6. The van der Waals surface area contributed by atoms with Crippen LogP contribution >= 0.6 is 22.9 Å². The lowest BCUT2D eigenvalue weighted by Gasteiger charge is -2.05. The number of aryl methyl sites for hydroxylation is 1.